The van der Waals surface area contributed by atoms with Crippen molar-refractivity contribution in [2.24, 2.45) is 0 Å². The van der Waals surface area contributed by atoms with E-state index in [1.807, 2.05) is 0 Å². The molecule has 1 aliphatic heterocycles. The van der Waals surface area contributed by atoms with Gasteiger partial charge in [-0.2, -0.15) is 17.2 Å². The first-order valence-corrected chi connectivity index (χ1v) is 7.11. The fraction of sp³-hybridized carbons (Fsp3) is 0.800. The number of hydrogen-bond donors (Lipinski definition) is 1. The van der Waals surface area contributed by atoms with Crippen LogP contribution in [-0.2, 0) is 10.1 Å². The zero-order chi connectivity index (χ0) is 15.3. The Morgan fingerprint density at radius 1 is 1.37 bits per heavy atom. The van der Waals surface area contributed by atoms with Crippen molar-refractivity contribution in [1.29, 1.82) is 0 Å². The van der Waals surface area contributed by atoms with Crippen LogP contribution in [0.2, 0.25) is 0 Å². The zero-order valence-electron chi connectivity index (χ0n) is 11.1. The van der Waals surface area contributed by atoms with E-state index < -0.39 is 28.0 Å². The first-order valence-electron chi connectivity index (χ1n) is 5.67. The summed E-state index contributed by atoms with van der Waals surface area (Å²) in [6, 6.07) is 0. The fourth-order valence-corrected chi connectivity index (χ4v) is 1.68. The van der Waals surface area contributed by atoms with Gasteiger partial charge in [0.15, 0.2) is 6.17 Å². The van der Waals surface area contributed by atoms with Gasteiger partial charge in [-0.1, -0.05) is 6.92 Å². The molecule has 0 bridgehead atoms. The van der Waals surface area contributed by atoms with E-state index >= 15 is 0 Å². The summed E-state index contributed by atoms with van der Waals surface area (Å²) in [5, 5.41) is -4.69. The van der Waals surface area contributed by atoms with Crippen LogP contribution < -0.4 is 0 Å². The van der Waals surface area contributed by atoms with Crippen molar-refractivity contribution >= 4 is 10.1 Å². The van der Waals surface area contributed by atoms with Gasteiger partial charge in [0.1, 0.15) is 0 Å². The van der Waals surface area contributed by atoms with Gasteiger partial charge in [0, 0.05) is 26.0 Å². The second-order valence-electron chi connectivity index (χ2n) is 4.01. The number of halogens is 3. The molecule has 5 nitrogen and oxygen atoms in total. The summed E-state index contributed by atoms with van der Waals surface area (Å²) in [5.74, 6) is 0. The van der Waals surface area contributed by atoms with Crippen LogP contribution in [0.15, 0.2) is 12.4 Å². The maximum atomic E-state index is 12.1. The third kappa shape index (κ3) is 5.27. The summed E-state index contributed by atoms with van der Waals surface area (Å²) in [5.41, 5.74) is 0. The van der Waals surface area contributed by atoms with Crippen LogP contribution in [0.1, 0.15) is 20.3 Å². The largest absolute Gasteiger partial charge is 0.400 e. The molecule has 1 aliphatic rings. The summed E-state index contributed by atoms with van der Waals surface area (Å²) >= 11 is 0. The minimum absolute atomic E-state index is 0.674. The predicted octanol–water partition coefficient (Wildman–Crippen LogP) is 1.90. The Bertz CT molecular complexity index is 401. The highest BCUT2D eigenvalue weighted by molar-refractivity contribution is 7.86. The van der Waals surface area contributed by atoms with E-state index in [4.69, 9.17) is 4.55 Å². The molecular formula is C10H19F3N2O3S. The molecule has 1 heterocycles. The Morgan fingerprint density at radius 2 is 1.89 bits per heavy atom. The van der Waals surface area contributed by atoms with Gasteiger partial charge in [-0.25, -0.2) is 4.39 Å². The van der Waals surface area contributed by atoms with Crippen LogP contribution in [0.3, 0.4) is 0 Å². The van der Waals surface area contributed by atoms with Crippen molar-refractivity contribution in [3.63, 3.8) is 0 Å². The minimum atomic E-state index is -5.62. The minimum Gasteiger partial charge on any atom is -0.362 e. The lowest BCUT2D eigenvalue weighted by Crippen LogP contribution is -2.38. The Morgan fingerprint density at radius 3 is 2.05 bits per heavy atom. The smallest absolute Gasteiger partial charge is 0.362 e. The van der Waals surface area contributed by atoms with Gasteiger partial charge in [-0.05, 0) is 13.3 Å². The van der Waals surface area contributed by atoms with Crippen molar-refractivity contribution in [1.82, 2.24) is 9.80 Å². The summed E-state index contributed by atoms with van der Waals surface area (Å²) in [6.07, 6.45) is 0.661. The predicted molar refractivity (Wildman–Crippen MR) is 65.8 cm³/mol. The monoisotopic (exact) mass is 304 g/mol. The van der Waals surface area contributed by atoms with Crippen molar-refractivity contribution in [2.75, 3.05) is 20.3 Å². The number of nitrogens with zero attached hydrogens (tertiary/aromatic N) is 2. The van der Waals surface area contributed by atoms with Gasteiger partial charge < -0.3 is 9.80 Å². The molecule has 1 N–H and O–H groups in total. The van der Waals surface area contributed by atoms with E-state index in [0.717, 1.165) is 20.1 Å². The third-order valence-corrected chi connectivity index (χ3v) is 3.35. The zero-order valence-corrected chi connectivity index (χ0v) is 11.9. The molecule has 0 aliphatic carbocycles. The third-order valence-electron chi connectivity index (χ3n) is 2.41. The van der Waals surface area contributed by atoms with Gasteiger partial charge in [-0.3, -0.25) is 4.55 Å². The summed E-state index contributed by atoms with van der Waals surface area (Å²) in [7, 11) is -3.55. The average Bonchev–Trinajstić information content (AvgIpc) is 2.73. The molecule has 0 aromatic rings. The first kappa shape index (κ1) is 18.0. The lowest BCUT2D eigenvalue weighted by Gasteiger charge is -2.15. The van der Waals surface area contributed by atoms with Crippen LogP contribution in [0.4, 0.5) is 13.2 Å². The van der Waals surface area contributed by atoms with Gasteiger partial charge in [0.2, 0.25) is 0 Å². The molecule has 0 amide bonds. The Balaban J connectivity index is 0.000000356. The van der Waals surface area contributed by atoms with Crippen LogP contribution in [0.25, 0.3) is 0 Å². The lowest BCUT2D eigenvalue weighted by atomic mass is 10.3. The van der Waals surface area contributed by atoms with E-state index in [1.54, 1.807) is 0 Å². The molecule has 0 aromatic heterocycles. The molecule has 0 radical (unpaired) electrons. The molecule has 0 saturated carbocycles. The van der Waals surface area contributed by atoms with E-state index in [2.05, 4.69) is 36.2 Å². The van der Waals surface area contributed by atoms with Crippen LogP contribution in [0.5, 0.6) is 0 Å². The van der Waals surface area contributed by atoms with Gasteiger partial charge in [-0.15, -0.1) is 0 Å². The molecule has 0 aromatic carbocycles. The van der Waals surface area contributed by atoms with Crippen molar-refractivity contribution in [3.05, 3.63) is 12.4 Å². The summed E-state index contributed by atoms with van der Waals surface area (Å²) in [4.78, 5) is 4.41. The highest BCUT2D eigenvalue weighted by atomic mass is 32.2. The van der Waals surface area contributed by atoms with Crippen molar-refractivity contribution < 1.29 is 26.1 Å². The number of hydrogen-bond acceptors (Lipinski definition) is 4. The molecule has 1 atom stereocenters. The normalized spacial score (nSPS) is 17.2. The maximum absolute atomic E-state index is 12.1. The molecule has 9 heteroatoms. The van der Waals surface area contributed by atoms with E-state index in [9.17, 15) is 21.6 Å². The van der Waals surface area contributed by atoms with E-state index in [-0.39, 0.29) is 0 Å². The Labute approximate surface area is 111 Å². The summed E-state index contributed by atoms with van der Waals surface area (Å²) in [6.45, 7) is 5.37. The van der Waals surface area contributed by atoms with Gasteiger partial charge in [0.05, 0.1) is 6.67 Å². The van der Waals surface area contributed by atoms with Crippen molar-refractivity contribution in [3.8, 4) is 0 Å². The van der Waals surface area contributed by atoms with Gasteiger partial charge >= 0.3 is 15.4 Å². The molecule has 0 fully saturated rings. The van der Waals surface area contributed by atoms with Crippen LogP contribution >= 0.6 is 0 Å². The van der Waals surface area contributed by atoms with Crippen LogP contribution in [-0.4, -0.2) is 54.5 Å². The lowest BCUT2D eigenvalue weighted by molar-refractivity contribution is -0.00388. The van der Waals surface area contributed by atoms with Gasteiger partial charge in [0.25, 0.3) is 0 Å². The quantitative estimate of drug-likeness (QED) is 0.804. The number of alkyl halides is 3. The average molecular weight is 304 g/mol. The van der Waals surface area contributed by atoms with Crippen molar-refractivity contribution in [2.45, 2.75) is 31.7 Å². The molecule has 114 valence electrons. The number of rotatable bonds is 4. The second-order valence-corrected chi connectivity index (χ2v) is 5.51. The summed E-state index contributed by atoms with van der Waals surface area (Å²) < 4.78 is 63.8. The Kier molecular flexibility index (Phi) is 6.64. The highest BCUT2D eigenvalue weighted by Crippen LogP contribution is 2.28. The standard InChI is InChI=1S/C6H12N2.C4H7F3O3S/c1-3-8-5-4-7(2)6-8;1-2-3(5)4(6,7)11(8,9)10/h4-5H,3,6H2,1-2H3;3H,2H2,1H3,(H,8,9,10). The molecule has 1 rings (SSSR count). The fourth-order valence-electron chi connectivity index (χ4n) is 1.19. The van der Waals surface area contributed by atoms with Crippen LogP contribution in [0, 0.1) is 0 Å². The van der Waals surface area contributed by atoms with E-state index in [1.165, 1.54) is 0 Å². The maximum Gasteiger partial charge on any atom is 0.400 e. The topological polar surface area (TPSA) is 60.9 Å². The molecular weight excluding hydrogens is 285 g/mol. The molecule has 0 spiro atoms. The SMILES string of the molecule is CCC(F)C(F)(F)S(=O)(=O)O.CCN1C=CN(C)C1. The highest BCUT2D eigenvalue weighted by Gasteiger charge is 2.51. The molecule has 19 heavy (non-hydrogen) atoms. The second kappa shape index (κ2) is 6.99. The molecule has 1 unspecified atom stereocenters. The Hall–Kier alpha value is -0.960. The van der Waals surface area contributed by atoms with E-state index in [0.29, 0.717) is 0 Å². The molecule has 0 saturated heterocycles. The first-order chi connectivity index (χ1) is 8.56.